The normalized spacial score (nSPS) is 11.5. The van der Waals surface area contributed by atoms with Gasteiger partial charge in [0.15, 0.2) is 11.6 Å². The molecule has 0 saturated heterocycles. The molecule has 0 aliphatic carbocycles. The number of aromatic nitrogens is 3. The van der Waals surface area contributed by atoms with Crippen molar-refractivity contribution >= 4 is 44.3 Å². The highest BCUT2D eigenvalue weighted by atomic mass is 35.5. The van der Waals surface area contributed by atoms with Gasteiger partial charge < -0.3 is 4.42 Å². The van der Waals surface area contributed by atoms with Crippen molar-refractivity contribution in [2.45, 2.75) is 0 Å². The molecule has 5 aromatic carbocycles. The zero-order valence-corrected chi connectivity index (χ0v) is 19.8. The molecule has 170 valence electrons. The average Bonchev–Trinajstić information content (AvgIpc) is 3.31. The van der Waals surface area contributed by atoms with Crippen LogP contribution < -0.4 is 0 Å². The lowest BCUT2D eigenvalue weighted by Gasteiger charge is -2.06. The first kappa shape index (κ1) is 20.8. The van der Waals surface area contributed by atoms with E-state index in [2.05, 4.69) is 70.6 Å². The molecule has 36 heavy (non-hydrogen) atoms. The van der Waals surface area contributed by atoms with Crippen LogP contribution in [0.3, 0.4) is 0 Å². The first-order valence-corrected chi connectivity index (χ1v) is 12.0. The Balaban J connectivity index is 1.39. The second-order valence-electron chi connectivity index (χ2n) is 8.67. The molecule has 0 spiro atoms. The van der Waals surface area contributed by atoms with Gasteiger partial charge in [-0.1, -0.05) is 84.9 Å². The quantitative estimate of drug-likeness (QED) is 0.252. The van der Waals surface area contributed by atoms with Gasteiger partial charge >= 0.3 is 0 Å². The van der Waals surface area contributed by atoms with E-state index in [9.17, 15) is 0 Å². The van der Waals surface area contributed by atoms with Crippen molar-refractivity contribution in [2.75, 3.05) is 0 Å². The summed E-state index contributed by atoms with van der Waals surface area (Å²) in [6.45, 7) is 0. The SMILES string of the molecule is Clc1nc(-c2ccccc2)nc(-c2cccc3oc4cc(-c5ccc6ccccc6c5)ccc4c23)n1. The molecule has 0 atom stereocenters. The Kier molecular flexibility index (Phi) is 4.79. The smallest absolute Gasteiger partial charge is 0.226 e. The van der Waals surface area contributed by atoms with Crippen molar-refractivity contribution in [1.82, 2.24) is 15.0 Å². The molecule has 0 saturated carbocycles. The van der Waals surface area contributed by atoms with Crippen molar-refractivity contribution in [1.29, 1.82) is 0 Å². The van der Waals surface area contributed by atoms with E-state index in [1.165, 1.54) is 10.8 Å². The highest BCUT2D eigenvalue weighted by Crippen LogP contribution is 2.38. The second kappa shape index (κ2) is 8.29. The molecule has 0 N–H and O–H groups in total. The molecule has 0 unspecified atom stereocenters. The number of hydrogen-bond donors (Lipinski definition) is 0. The first-order chi connectivity index (χ1) is 17.7. The fourth-order valence-corrected chi connectivity index (χ4v) is 4.91. The Labute approximate surface area is 211 Å². The van der Waals surface area contributed by atoms with E-state index in [0.29, 0.717) is 11.6 Å². The summed E-state index contributed by atoms with van der Waals surface area (Å²) >= 11 is 6.34. The van der Waals surface area contributed by atoms with Crippen LogP contribution in [0.5, 0.6) is 0 Å². The maximum absolute atomic E-state index is 6.34. The molecule has 2 heterocycles. The van der Waals surface area contributed by atoms with Gasteiger partial charge in [0.1, 0.15) is 11.2 Å². The van der Waals surface area contributed by atoms with Crippen LogP contribution >= 0.6 is 11.6 Å². The molecule has 5 heteroatoms. The van der Waals surface area contributed by atoms with Crippen molar-refractivity contribution < 1.29 is 4.42 Å². The molecular formula is C31H18ClN3O. The number of rotatable bonds is 3. The van der Waals surface area contributed by atoms with Gasteiger partial charge in [0.2, 0.25) is 5.28 Å². The Bertz CT molecular complexity index is 1910. The van der Waals surface area contributed by atoms with E-state index in [1.807, 2.05) is 48.5 Å². The van der Waals surface area contributed by atoms with E-state index in [0.717, 1.165) is 44.2 Å². The summed E-state index contributed by atoms with van der Waals surface area (Å²) in [4.78, 5) is 13.6. The molecule has 7 rings (SSSR count). The van der Waals surface area contributed by atoms with Gasteiger partial charge in [-0.25, -0.2) is 4.98 Å². The third-order valence-electron chi connectivity index (χ3n) is 6.46. The number of halogens is 1. The van der Waals surface area contributed by atoms with Crippen molar-refractivity contribution in [3.8, 4) is 33.9 Å². The Morgan fingerprint density at radius 3 is 2.17 bits per heavy atom. The lowest BCUT2D eigenvalue weighted by molar-refractivity contribution is 0.669. The summed E-state index contributed by atoms with van der Waals surface area (Å²) in [5, 5.41) is 4.55. The predicted molar refractivity (Wildman–Crippen MR) is 146 cm³/mol. The number of hydrogen-bond acceptors (Lipinski definition) is 4. The number of nitrogens with zero attached hydrogens (tertiary/aromatic N) is 3. The molecule has 7 aromatic rings. The van der Waals surface area contributed by atoms with Crippen LogP contribution in [0.15, 0.2) is 114 Å². The first-order valence-electron chi connectivity index (χ1n) is 11.6. The van der Waals surface area contributed by atoms with Crippen LogP contribution in [0.25, 0.3) is 66.6 Å². The third-order valence-corrected chi connectivity index (χ3v) is 6.63. The van der Waals surface area contributed by atoms with Crippen molar-refractivity contribution in [3.05, 3.63) is 114 Å². The zero-order valence-electron chi connectivity index (χ0n) is 19.0. The van der Waals surface area contributed by atoms with Gasteiger partial charge in [0.25, 0.3) is 0 Å². The van der Waals surface area contributed by atoms with Gasteiger partial charge in [-0.2, -0.15) is 9.97 Å². The van der Waals surface area contributed by atoms with E-state index < -0.39 is 0 Å². The van der Waals surface area contributed by atoms with E-state index in [1.54, 1.807) is 0 Å². The van der Waals surface area contributed by atoms with E-state index >= 15 is 0 Å². The minimum atomic E-state index is 0.155. The molecule has 0 amide bonds. The van der Waals surface area contributed by atoms with Crippen molar-refractivity contribution in [2.24, 2.45) is 0 Å². The van der Waals surface area contributed by atoms with Crippen LogP contribution in [0, 0.1) is 0 Å². The molecule has 0 aliphatic heterocycles. The van der Waals surface area contributed by atoms with Gasteiger partial charge in [0, 0.05) is 21.9 Å². The summed E-state index contributed by atoms with van der Waals surface area (Å²) in [7, 11) is 0. The zero-order chi connectivity index (χ0) is 24.1. The average molecular weight is 484 g/mol. The van der Waals surface area contributed by atoms with Crippen LogP contribution in [0.1, 0.15) is 0 Å². The lowest BCUT2D eigenvalue weighted by atomic mass is 9.99. The Hall–Kier alpha value is -4.54. The summed E-state index contributed by atoms with van der Waals surface area (Å²) in [6, 6.07) is 36.9. The van der Waals surface area contributed by atoms with Crippen LogP contribution in [0.2, 0.25) is 5.28 Å². The largest absolute Gasteiger partial charge is 0.456 e. The minimum absolute atomic E-state index is 0.155. The summed E-state index contributed by atoms with van der Waals surface area (Å²) < 4.78 is 6.31. The van der Waals surface area contributed by atoms with Gasteiger partial charge in [-0.3, -0.25) is 0 Å². The molecule has 0 aliphatic rings. The van der Waals surface area contributed by atoms with E-state index in [-0.39, 0.29) is 5.28 Å². The van der Waals surface area contributed by atoms with Crippen LogP contribution in [-0.2, 0) is 0 Å². The summed E-state index contributed by atoms with van der Waals surface area (Å²) in [6.07, 6.45) is 0. The highest BCUT2D eigenvalue weighted by Gasteiger charge is 2.17. The molecule has 2 aromatic heterocycles. The molecule has 4 nitrogen and oxygen atoms in total. The Morgan fingerprint density at radius 2 is 1.28 bits per heavy atom. The highest BCUT2D eigenvalue weighted by molar-refractivity contribution is 6.28. The van der Waals surface area contributed by atoms with Gasteiger partial charge in [0.05, 0.1) is 0 Å². The van der Waals surface area contributed by atoms with E-state index in [4.69, 9.17) is 21.0 Å². The Morgan fingerprint density at radius 1 is 0.528 bits per heavy atom. The maximum Gasteiger partial charge on any atom is 0.226 e. The second-order valence-corrected chi connectivity index (χ2v) is 9.01. The monoisotopic (exact) mass is 483 g/mol. The molecule has 0 radical (unpaired) electrons. The number of benzene rings is 5. The van der Waals surface area contributed by atoms with Gasteiger partial charge in [-0.15, -0.1) is 0 Å². The van der Waals surface area contributed by atoms with Crippen LogP contribution in [0.4, 0.5) is 0 Å². The topological polar surface area (TPSA) is 51.8 Å². The summed E-state index contributed by atoms with van der Waals surface area (Å²) in [5.41, 5.74) is 5.57. The summed E-state index contributed by atoms with van der Waals surface area (Å²) in [5.74, 6) is 1.05. The predicted octanol–water partition coefficient (Wildman–Crippen LogP) is 8.58. The number of furan rings is 1. The standard InChI is InChI=1S/C31H18ClN3O/c32-31-34-29(20-8-2-1-3-9-20)33-30(35-31)25-11-6-12-26-28(25)24-16-15-23(18-27(24)36-26)22-14-13-19-7-4-5-10-21(19)17-22/h1-18H. The number of fused-ring (bicyclic) bond motifs is 4. The fourth-order valence-electron chi connectivity index (χ4n) is 4.75. The molecular weight excluding hydrogens is 466 g/mol. The van der Waals surface area contributed by atoms with Gasteiger partial charge in [-0.05, 0) is 57.8 Å². The minimum Gasteiger partial charge on any atom is -0.456 e. The molecule has 0 bridgehead atoms. The third kappa shape index (κ3) is 3.51. The molecule has 0 fully saturated rings. The van der Waals surface area contributed by atoms with Crippen LogP contribution in [-0.4, -0.2) is 15.0 Å². The fraction of sp³-hybridized carbons (Fsp3) is 0. The lowest BCUT2D eigenvalue weighted by Crippen LogP contribution is -1.97. The maximum atomic E-state index is 6.34. The van der Waals surface area contributed by atoms with Crippen molar-refractivity contribution in [3.63, 3.8) is 0 Å².